The Morgan fingerprint density at radius 2 is 2.11 bits per heavy atom. The van der Waals surface area contributed by atoms with Crippen molar-refractivity contribution < 1.29 is 9.53 Å². The summed E-state index contributed by atoms with van der Waals surface area (Å²) in [5, 5.41) is 0. The second-order valence-electron chi connectivity index (χ2n) is 6.14. The van der Waals surface area contributed by atoms with Gasteiger partial charge >= 0.3 is 5.97 Å². The van der Waals surface area contributed by atoms with Crippen molar-refractivity contribution in [3.8, 4) is 0 Å². The van der Waals surface area contributed by atoms with Crippen molar-refractivity contribution in [2.45, 2.75) is 58.0 Å². The van der Waals surface area contributed by atoms with Gasteiger partial charge in [0.25, 0.3) is 0 Å². The number of piperidine rings is 1. The molecule has 4 heteroatoms. The number of nitrogens with two attached hydrogens (primary N) is 1. The van der Waals surface area contributed by atoms with Crippen LogP contribution in [-0.4, -0.2) is 42.6 Å². The van der Waals surface area contributed by atoms with E-state index in [1.54, 1.807) is 0 Å². The summed E-state index contributed by atoms with van der Waals surface area (Å²) in [5.74, 6) is 1.18. The normalized spacial score (nSPS) is 30.1. The molecule has 3 unspecified atom stereocenters. The number of likely N-dealkylation sites (tertiary alicyclic amines) is 1. The maximum atomic E-state index is 11.6. The van der Waals surface area contributed by atoms with Gasteiger partial charge in [-0.1, -0.05) is 6.92 Å². The zero-order valence-corrected chi connectivity index (χ0v) is 12.3. The van der Waals surface area contributed by atoms with E-state index < -0.39 is 0 Å². The van der Waals surface area contributed by atoms with Crippen molar-refractivity contribution in [1.29, 1.82) is 0 Å². The van der Waals surface area contributed by atoms with E-state index in [1.807, 2.05) is 6.92 Å². The van der Waals surface area contributed by atoms with Crippen molar-refractivity contribution in [3.63, 3.8) is 0 Å². The largest absolute Gasteiger partial charge is 0.466 e. The van der Waals surface area contributed by atoms with Crippen molar-refractivity contribution in [1.82, 2.24) is 4.90 Å². The van der Waals surface area contributed by atoms with Gasteiger partial charge in [-0.15, -0.1) is 0 Å². The van der Waals surface area contributed by atoms with Crippen LogP contribution in [-0.2, 0) is 9.53 Å². The number of carbonyl (C=O) groups excluding carboxylic acids is 1. The molecule has 1 saturated heterocycles. The Morgan fingerprint density at radius 1 is 1.37 bits per heavy atom. The van der Waals surface area contributed by atoms with Crippen LogP contribution in [0, 0.1) is 11.8 Å². The van der Waals surface area contributed by atoms with Gasteiger partial charge in [-0.05, 0) is 44.4 Å². The molecular formula is C15H28N2O2. The quantitative estimate of drug-likeness (QED) is 0.746. The number of carbonyl (C=O) groups is 1. The minimum absolute atomic E-state index is 0.0685. The van der Waals surface area contributed by atoms with E-state index in [2.05, 4.69) is 11.8 Å². The fourth-order valence-electron chi connectivity index (χ4n) is 3.53. The molecule has 1 aliphatic heterocycles. The maximum absolute atomic E-state index is 11.6. The maximum Gasteiger partial charge on any atom is 0.306 e. The van der Waals surface area contributed by atoms with Crippen molar-refractivity contribution in [3.05, 3.63) is 0 Å². The topological polar surface area (TPSA) is 55.6 Å². The molecule has 2 rings (SSSR count). The second-order valence-corrected chi connectivity index (χ2v) is 6.14. The smallest absolute Gasteiger partial charge is 0.306 e. The summed E-state index contributed by atoms with van der Waals surface area (Å²) < 4.78 is 5.06. The molecule has 0 aromatic carbocycles. The molecule has 0 aromatic heterocycles. The van der Waals surface area contributed by atoms with Crippen molar-refractivity contribution >= 4 is 5.97 Å². The zero-order valence-electron chi connectivity index (χ0n) is 12.3. The first kappa shape index (κ1) is 14.8. The summed E-state index contributed by atoms with van der Waals surface area (Å²) in [7, 11) is 0. The molecule has 0 aromatic rings. The molecule has 1 saturated carbocycles. The Labute approximate surface area is 116 Å². The van der Waals surface area contributed by atoms with Gasteiger partial charge in [-0.25, -0.2) is 0 Å². The van der Waals surface area contributed by atoms with Crippen LogP contribution in [0.15, 0.2) is 0 Å². The standard InChI is InChI=1S/C15H28N2O2/c1-3-14(12-5-6-12)17-9-11(7-13(16)10-17)8-15(18)19-4-2/h11-14H,3-10,16H2,1-2H3. The summed E-state index contributed by atoms with van der Waals surface area (Å²) in [6.07, 6.45) is 5.42. The molecule has 2 aliphatic rings. The lowest BCUT2D eigenvalue weighted by atomic mass is 9.90. The average Bonchev–Trinajstić information content (AvgIpc) is 3.14. The highest BCUT2D eigenvalue weighted by molar-refractivity contribution is 5.69. The molecule has 0 bridgehead atoms. The summed E-state index contributed by atoms with van der Waals surface area (Å²) in [6.45, 7) is 6.61. The molecule has 19 heavy (non-hydrogen) atoms. The van der Waals surface area contributed by atoms with Crippen LogP contribution < -0.4 is 5.73 Å². The van der Waals surface area contributed by atoms with Crippen LogP contribution >= 0.6 is 0 Å². The highest BCUT2D eigenvalue weighted by Crippen LogP contribution is 2.38. The summed E-state index contributed by atoms with van der Waals surface area (Å²) in [5.41, 5.74) is 6.18. The minimum Gasteiger partial charge on any atom is -0.466 e. The van der Waals surface area contributed by atoms with Crippen LogP contribution in [0.5, 0.6) is 0 Å². The van der Waals surface area contributed by atoms with Gasteiger partial charge in [0, 0.05) is 31.6 Å². The lowest BCUT2D eigenvalue weighted by Gasteiger charge is -2.40. The van der Waals surface area contributed by atoms with Crippen LogP contribution in [0.4, 0.5) is 0 Å². The summed E-state index contributed by atoms with van der Waals surface area (Å²) >= 11 is 0. The SMILES string of the molecule is CCOC(=O)CC1CC(N)CN(C(CC)C2CC2)C1. The van der Waals surface area contributed by atoms with Crippen molar-refractivity contribution in [2.75, 3.05) is 19.7 Å². The Balaban J connectivity index is 1.89. The Hall–Kier alpha value is -0.610. The number of rotatable bonds is 6. The monoisotopic (exact) mass is 268 g/mol. The summed E-state index contributed by atoms with van der Waals surface area (Å²) in [4.78, 5) is 14.2. The van der Waals surface area contributed by atoms with Gasteiger partial charge in [0.15, 0.2) is 0 Å². The van der Waals surface area contributed by atoms with Crippen molar-refractivity contribution in [2.24, 2.45) is 17.6 Å². The van der Waals surface area contributed by atoms with Crippen LogP contribution in [0.3, 0.4) is 0 Å². The first-order valence-electron chi connectivity index (χ1n) is 7.79. The number of nitrogens with zero attached hydrogens (tertiary/aromatic N) is 1. The molecule has 1 aliphatic carbocycles. The van der Waals surface area contributed by atoms with E-state index in [9.17, 15) is 4.79 Å². The number of hydrogen-bond donors (Lipinski definition) is 1. The minimum atomic E-state index is -0.0685. The highest BCUT2D eigenvalue weighted by atomic mass is 16.5. The van der Waals surface area contributed by atoms with Gasteiger partial charge in [0.1, 0.15) is 0 Å². The van der Waals surface area contributed by atoms with E-state index in [0.717, 1.165) is 25.4 Å². The molecule has 0 radical (unpaired) electrons. The molecular weight excluding hydrogens is 240 g/mol. The third-order valence-electron chi connectivity index (χ3n) is 4.41. The first-order chi connectivity index (χ1) is 9.13. The number of esters is 1. The van der Waals surface area contributed by atoms with Gasteiger partial charge in [0.05, 0.1) is 6.61 Å². The van der Waals surface area contributed by atoms with Gasteiger partial charge < -0.3 is 10.5 Å². The molecule has 4 nitrogen and oxygen atoms in total. The van der Waals surface area contributed by atoms with Crippen LogP contribution in [0.25, 0.3) is 0 Å². The Kier molecular flexibility index (Phi) is 5.22. The Morgan fingerprint density at radius 3 is 2.68 bits per heavy atom. The second kappa shape index (κ2) is 6.71. The van der Waals surface area contributed by atoms with E-state index in [0.29, 0.717) is 25.0 Å². The summed E-state index contributed by atoms with van der Waals surface area (Å²) in [6, 6.07) is 0.886. The van der Waals surface area contributed by atoms with Crippen LogP contribution in [0.1, 0.15) is 46.0 Å². The van der Waals surface area contributed by atoms with E-state index in [4.69, 9.17) is 10.5 Å². The van der Waals surface area contributed by atoms with Gasteiger partial charge in [-0.3, -0.25) is 9.69 Å². The number of hydrogen-bond acceptors (Lipinski definition) is 4. The molecule has 2 fully saturated rings. The molecule has 0 spiro atoms. The molecule has 2 N–H and O–H groups in total. The lowest BCUT2D eigenvalue weighted by Crippen LogP contribution is -2.52. The predicted octanol–water partition coefficient (Wildman–Crippen LogP) is 1.78. The average molecular weight is 268 g/mol. The Bertz CT molecular complexity index is 305. The van der Waals surface area contributed by atoms with E-state index >= 15 is 0 Å². The van der Waals surface area contributed by atoms with Crippen LogP contribution in [0.2, 0.25) is 0 Å². The first-order valence-corrected chi connectivity index (χ1v) is 7.79. The third kappa shape index (κ3) is 4.18. The number of ether oxygens (including phenoxy) is 1. The van der Waals surface area contributed by atoms with E-state index in [-0.39, 0.29) is 12.0 Å². The zero-order chi connectivity index (χ0) is 13.8. The third-order valence-corrected chi connectivity index (χ3v) is 4.41. The van der Waals surface area contributed by atoms with Gasteiger partial charge in [0.2, 0.25) is 0 Å². The molecule has 1 heterocycles. The lowest BCUT2D eigenvalue weighted by molar-refractivity contribution is -0.144. The van der Waals surface area contributed by atoms with E-state index in [1.165, 1.54) is 19.3 Å². The molecule has 0 amide bonds. The highest BCUT2D eigenvalue weighted by Gasteiger charge is 2.37. The predicted molar refractivity (Wildman–Crippen MR) is 75.7 cm³/mol. The fourth-order valence-corrected chi connectivity index (χ4v) is 3.53. The van der Waals surface area contributed by atoms with Gasteiger partial charge in [-0.2, -0.15) is 0 Å². The molecule has 110 valence electrons. The fraction of sp³-hybridized carbons (Fsp3) is 0.933. The molecule has 3 atom stereocenters.